The summed E-state index contributed by atoms with van der Waals surface area (Å²) >= 11 is 0. The summed E-state index contributed by atoms with van der Waals surface area (Å²) in [5, 5.41) is 7.73. The molecule has 1 unspecified atom stereocenters. The van der Waals surface area contributed by atoms with Gasteiger partial charge in [0.15, 0.2) is 5.96 Å². The van der Waals surface area contributed by atoms with Crippen molar-refractivity contribution in [2.75, 3.05) is 19.0 Å². The number of nitrogens with zero attached hydrogens (tertiary/aromatic N) is 3. The third-order valence-electron chi connectivity index (χ3n) is 5.60. The first-order valence-corrected chi connectivity index (χ1v) is 10.5. The monoisotopic (exact) mass is 428 g/mol. The summed E-state index contributed by atoms with van der Waals surface area (Å²) in [6.07, 6.45) is 2.32. The predicted octanol–water partition coefficient (Wildman–Crippen LogP) is 3.20. The number of aromatic amines is 1. The maximum atomic E-state index is 12.8. The summed E-state index contributed by atoms with van der Waals surface area (Å²) < 4.78 is 7.13. The molecule has 162 valence electrons. The van der Waals surface area contributed by atoms with Gasteiger partial charge in [-0.1, -0.05) is 36.4 Å². The second kappa shape index (κ2) is 8.22. The number of hydrogen-bond donors (Lipinski definition) is 3. The molecule has 0 saturated carbocycles. The highest BCUT2D eigenvalue weighted by Gasteiger charge is 2.28. The van der Waals surface area contributed by atoms with Crippen LogP contribution in [0.4, 0.5) is 5.95 Å². The first-order valence-electron chi connectivity index (χ1n) is 10.5. The SMILES string of the molecule is COc1ccccc1C1NC(=NCCc2c[nH]c3ccccc23)Nc2nc(C)cc(=O)n21. The van der Waals surface area contributed by atoms with E-state index in [0.29, 0.717) is 29.9 Å². The number of nitrogens with one attached hydrogen (secondary N) is 3. The van der Waals surface area contributed by atoms with E-state index in [1.165, 1.54) is 17.0 Å². The van der Waals surface area contributed by atoms with Gasteiger partial charge in [0.05, 0.1) is 7.11 Å². The summed E-state index contributed by atoms with van der Waals surface area (Å²) in [6.45, 7) is 2.38. The summed E-state index contributed by atoms with van der Waals surface area (Å²) in [6, 6.07) is 17.4. The van der Waals surface area contributed by atoms with Crippen LogP contribution in [-0.2, 0) is 6.42 Å². The second-order valence-corrected chi connectivity index (χ2v) is 7.68. The van der Waals surface area contributed by atoms with Crippen LogP contribution < -0.4 is 20.9 Å². The largest absolute Gasteiger partial charge is 0.496 e. The van der Waals surface area contributed by atoms with Crippen molar-refractivity contribution in [1.29, 1.82) is 0 Å². The maximum Gasteiger partial charge on any atom is 0.257 e. The number of ether oxygens (including phenoxy) is 1. The number of guanidine groups is 1. The molecule has 1 aliphatic rings. The minimum Gasteiger partial charge on any atom is -0.496 e. The highest BCUT2D eigenvalue weighted by molar-refractivity contribution is 5.94. The predicted molar refractivity (Wildman–Crippen MR) is 125 cm³/mol. The lowest BCUT2D eigenvalue weighted by Crippen LogP contribution is -2.48. The molecule has 0 amide bonds. The van der Waals surface area contributed by atoms with Crippen molar-refractivity contribution in [3.05, 3.63) is 88.0 Å². The molecule has 0 fully saturated rings. The van der Waals surface area contributed by atoms with Gasteiger partial charge in [-0.2, -0.15) is 0 Å². The van der Waals surface area contributed by atoms with Crippen molar-refractivity contribution in [2.45, 2.75) is 19.5 Å². The van der Waals surface area contributed by atoms with E-state index in [1.54, 1.807) is 18.6 Å². The van der Waals surface area contributed by atoms with E-state index in [2.05, 4.69) is 32.7 Å². The number of hydrogen-bond acceptors (Lipinski definition) is 4. The Bertz CT molecular complexity index is 1370. The van der Waals surface area contributed by atoms with Crippen LogP contribution in [0.2, 0.25) is 0 Å². The number of H-pyrrole nitrogens is 1. The second-order valence-electron chi connectivity index (χ2n) is 7.68. The van der Waals surface area contributed by atoms with Gasteiger partial charge >= 0.3 is 0 Å². The molecule has 2 aromatic carbocycles. The minimum atomic E-state index is -0.491. The third-order valence-corrected chi connectivity index (χ3v) is 5.60. The van der Waals surface area contributed by atoms with Crippen molar-refractivity contribution in [3.8, 4) is 5.75 Å². The smallest absolute Gasteiger partial charge is 0.257 e. The van der Waals surface area contributed by atoms with Crippen LogP contribution in [0.1, 0.15) is 23.0 Å². The van der Waals surface area contributed by atoms with Crippen molar-refractivity contribution in [3.63, 3.8) is 0 Å². The number of benzene rings is 2. The Morgan fingerprint density at radius 2 is 1.97 bits per heavy atom. The summed E-state index contributed by atoms with van der Waals surface area (Å²) in [4.78, 5) is 25.4. The molecular formula is C24H24N6O2. The van der Waals surface area contributed by atoms with E-state index in [0.717, 1.165) is 17.5 Å². The lowest BCUT2D eigenvalue weighted by Gasteiger charge is -2.31. The number of para-hydroxylation sites is 2. The van der Waals surface area contributed by atoms with Crippen LogP contribution in [0.5, 0.6) is 5.75 Å². The topological polar surface area (TPSA) is 96.3 Å². The van der Waals surface area contributed by atoms with Gasteiger partial charge in [0.2, 0.25) is 5.95 Å². The Balaban J connectivity index is 1.47. The molecule has 8 nitrogen and oxygen atoms in total. The van der Waals surface area contributed by atoms with E-state index < -0.39 is 6.17 Å². The van der Waals surface area contributed by atoms with Gasteiger partial charge in [0.1, 0.15) is 11.9 Å². The Morgan fingerprint density at radius 3 is 2.84 bits per heavy atom. The zero-order valence-corrected chi connectivity index (χ0v) is 17.9. The molecule has 1 atom stereocenters. The van der Waals surface area contributed by atoms with E-state index >= 15 is 0 Å². The van der Waals surface area contributed by atoms with Crippen molar-refractivity contribution in [1.82, 2.24) is 19.9 Å². The minimum absolute atomic E-state index is 0.152. The lowest BCUT2D eigenvalue weighted by atomic mass is 10.1. The molecule has 0 saturated heterocycles. The molecule has 0 spiro atoms. The van der Waals surface area contributed by atoms with Gasteiger partial charge in [-0.25, -0.2) is 4.98 Å². The van der Waals surface area contributed by atoms with Crippen LogP contribution in [0.3, 0.4) is 0 Å². The zero-order chi connectivity index (χ0) is 22.1. The fourth-order valence-corrected chi connectivity index (χ4v) is 4.10. The maximum absolute atomic E-state index is 12.8. The molecule has 5 rings (SSSR count). The highest BCUT2D eigenvalue weighted by atomic mass is 16.5. The van der Waals surface area contributed by atoms with E-state index in [-0.39, 0.29) is 5.56 Å². The van der Waals surface area contributed by atoms with Gasteiger partial charge in [-0.05, 0) is 31.0 Å². The summed E-state index contributed by atoms with van der Waals surface area (Å²) in [7, 11) is 1.62. The molecule has 8 heteroatoms. The number of methoxy groups -OCH3 is 1. The normalized spacial score (nSPS) is 16.4. The molecule has 4 aromatic rings. The average Bonchev–Trinajstić information content (AvgIpc) is 3.21. The molecule has 2 aromatic heterocycles. The molecule has 1 aliphatic heterocycles. The van der Waals surface area contributed by atoms with Crippen molar-refractivity contribution < 1.29 is 4.74 Å². The van der Waals surface area contributed by atoms with Crippen LogP contribution >= 0.6 is 0 Å². The molecule has 3 N–H and O–H groups in total. The van der Waals surface area contributed by atoms with E-state index in [1.807, 2.05) is 42.6 Å². The van der Waals surface area contributed by atoms with Gasteiger partial charge < -0.3 is 15.0 Å². The molecule has 0 aliphatic carbocycles. The third kappa shape index (κ3) is 3.60. The first kappa shape index (κ1) is 19.9. The number of fused-ring (bicyclic) bond motifs is 2. The number of rotatable bonds is 5. The van der Waals surface area contributed by atoms with Crippen molar-refractivity contribution in [2.24, 2.45) is 4.99 Å². The van der Waals surface area contributed by atoms with Crippen LogP contribution in [0.15, 0.2) is 70.6 Å². The Morgan fingerprint density at radius 1 is 1.16 bits per heavy atom. The van der Waals surface area contributed by atoms with E-state index in [4.69, 9.17) is 9.73 Å². The lowest BCUT2D eigenvalue weighted by molar-refractivity contribution is 0.395. The molecular weight excluding hydrogens is 404 g/mol. The number of anilines is 1. The number of aryl methyl sites for hydroxylation is 1. The van der Waals surface area contributed by atoms with Gasteiger partial charge in [0, 0.05) is 41.0 Å². The quantitative estimate of drug-likeness (QED) is 0.454. The fraction of sp³-hybridized carbons (Fsp3) is 0.208. The number of aliphatic imine (C=N–C) groups is 1. The van der Waals surface area contributed by atoms with Crippen LogP contribution in [0.25, 0.3) is 10.9 Å². The molecule has 3 heterocycles. The van der Waals surface area contributed by atoms with Gasteiger partial charge in [-0.3, -0.25) is 19.7 Å². The highest BCUT2D eigenvalue weighted by Crippen LogP contribution is 2.28. The Kier molecular flexibility index (Phi) is 5.10. The summed E-state index contributed by atoms with van der Waals surface area (Å²) in [5.41, 5.74) is 3.66. The van der Waals surface area contributed by atoms with Crippen LogP contribution in [0, 0.1) is 6.92 Å². The first-order chi connectivity index (χ1) is 15.6. The van der Waals surface area contributed by atoms with E-state index in [9.17, 15) is 4.79 Å². The molecule has 0 bridgehead atoms. The average molecular weight is 428 g/mol. The fourth-order valence-electron chi connectivity index (χ4n) is 4.10. The molecule has 0 radical (unpaired) electrons. The molecule has 32 heavy (non-hydrogen) atoms. The Hall–Kier alpha value is -4.07. The standard InChI is InChI=1S/C24H24N6O2/c1-15-13-21(31)30-22(18-8-4-6-10-20(18)32-2)28-23(29-24(30)27-15)25-12-11-16-14-26-19-9-5-3-7-17(16)19/h3-10,13-14,22,26H,11-12H2,1-2H3,(H2,25,27,28,29). The van der Waals surface area contributed by atoms with Gasteiger partial charge in [-0.15, -0.1) is 0 Å². The van der Waals surface area contributed by atoms with Crippen LogP contribution in [-0.4, -0.2) is 34.1 Å². The van der Waals surface area contributed by atoms with Crippen molar-refractivity contribution >= 4 is 22.8 Å². The van der Waals surface area contributed by atoms with Gasteiger partial charge in [0.25, 0.3) is 5.56 Å². The Labute approximate surface area is 185 Å². The summed E-state index contributed by atoms with van der Waals surface area (Å²) in [5.74, 6) is 1.71. The number of aromatic nitrogens is 3. The zero-order valence-electron chi connectivity index (χ0n) is 17.9.